The van der Waals surface area contributed by atoms with E-state index in [9.17, 15) is 4.79 Å². The van der Waals surface area contributed by atoms with Gasteiger partial charge in [-0.25, -0.2) is 9.97 Å². The number of hydrogen-bond donors (Lipinski definition) is 1. The molecule has 7 nitrogen and oxygen atoms in total. The zero-order valence-electron chi connectivity index (χ0n) is 15.4. The lowest BCUT2D eigenvalue weighted by Gasteiger charge is -2.13. The van der Waals surface area contributed by atoms with Crippen LogP contribution in [-0.4, -0.2) is 34.2 Å². The minimum Gasteiger partial charge on any atom is -0.491 e. The molecule has 1 N–H and O–H groups in total. The minimum absolute atomic E-state index is 0.198. The molecule has 7 heteroatoms. The molecule has 2 aromatic heterocycles. The lowest BCUT2D eigenvalue weighted by molar-refractivity contribution is 0.0924. The average molecular weight is 364 g/mol. The van der Waals surface area contributed by atoms with Crippen molar-refractivity contribution in [1.82, 2.24) is 19.9 Å². The molecular formula is C20H20N4O3. The third kappa shape index (κ3) is 3.23. The number of hydrogen-bond acceptors (Lipinski definition) is 5. The number of nitrogens with one attached hydrogen (secondary N) is 1. The molecule has 0 saturated heterocycles. The van der Waals surface area contributed by atoms with Crippen LogP contribution in [0.25, 0.3) is 5.69 Å². The summed E-state index contributed by atoms with van der Waals surface area (Å²) >= 11 is 0. The number of methoxy groups -OCH3 is 1. The number of imidazole rings is 1. The van der Waals surface area contributed by atoms with Gasteiger partial charge in [-0.15, -0.1) is 0 Å². The second-order valence-corrected chi connectivity index (χ2v) is 6.53. The summed E-state index contributed by atoms with van der Waals surface area (Å²) in [5, 5.41) is 2.99. The van der Waals surface area contributed by atoms with E-state index in [1.807, 2.05) is 42.8 Å². The zero-order valence-corrected chi connectivity index (χ0v) is 15.4. The van der Waals surface area contributed by atoms with Crippen LogP contribution in [0.3, 0.4) is 0 Å². The monoisotopic (exact) mass is 364 g/mol. The Balaban J connectivity index is 1.57. The molecule has 3 heterocycles. The molecule has 0 aliphatic carbocycles. The summed E-state index contributed by atoms with van der Waals surface area (Å²) in [7, 11) is 1.53. The van der Waals surface area contributed by atoms with E-state index in [4.69, 9.17) is 9.47 Å². The van der Waals surface area contributed by atoms with E-state index in [-0.39, 0.29) is 17.6 Å². The van der Waals surface area contributed by atoms with Crippen molar-refractivity contribution in [2.75, 3.05) is 13.7 Å². The van der Waals surface area contributed by atoms with E-state index >= 15 is 0 Å². The van der Waals surface area contributed by atoms with E-state index in [0.717, 1.165) is 28.3 Å². The third-order valence-electron chi connectivity index (χ3n) is 4.51. The van der Waals surface area contributed by atoms with Crippen molar-refractivity contribution >= 4 is 5.91 Å². The highest BCUT2D eigenvalue weighted by Gasteiger charge is 2.26. The van der Waals surface area contributed by atoms with Crippen LogP contribution in [0.4, 0.5) is 0 Å². The number of benzene rings is 1. The summed E-state index contributed by atoms with van der Waals surface area (Å²) in [6, 6.07) is 9.23. The highest BCUT2D eigenvalue weighted by molar-refractivity contribution is 5.93. The molecule has 138 valence electrons. The molecule has 0 bridgehead atoms. The predicted molar refractivity (Wildman–Crippen MR) is 99.5 cm³/mol. The zero-order chi connectivity index (χ0) is 19.0. The number of rotatable bonds is 4. The summed E-state index contributed by atoms with van der Waals surface area (Å²) in [6.45, 7) is 4.33. The Morgan fingerprint density at radius 1 is 1.30 bits per heavy atom. The summed E-state index contributed by atoms with van der Waals surface area (Å²) in [5.41, 5.74) is 4.00. The van der Waals surface area contributed by atoms with E-state index in [1.54, 1.807) is 18.5 Å². The van der Waals surface area contributed by atoms with Crippen molar-refractivity contribution in [3.05, 3.63) is 65.4 Å². The first kappa shape index (κ1) is 17.1. The molecule has 0 saturated carbocycles. The molecule has 27 heavy (non-hydrogen) atoms. The van der Waals surface area contributed by atoms with Crippen LogP contribution in [0.2, 0.25) is 0 Å². The fraction of sp³-hybridized carbons (Fsp3) is 0.250. The number of ether oxygens (including phenoxy) is 2. The van der Waals surface area contributed by atoms with Crippen LogP contribution in [0.5, 0.6) is 11.6 Å². The van der Waals surface area contributed by atoms with Crippen LogP contribution >= 0.6 is 0 Å². The number of nitrogens with zero attached hydrogens (tertiary/aromatic N) is 3. The average Bonchev–Trinajstić information content (AvgIpc) is 3.27. The fourth-order valence-electron chi connectivity index (χ4n) is 3.15. The van der Waals surface area contributed by atoms with Crippen molar-refractivity contribution in [2.24, 2.45) is 0 Å². The molecule has 0 radical (unpaired) electrons. The molecule has 0 unspecified atom stereocenters. The number of aryl methyl sites for hydroxylation is 2. The Labute approximate surface area is 157 Å². The molecule has 0 fully saturated rings. The summed E-state index contributed by atoms with van der Waals surface area (Å²) < 4.78 is 12.8. The number of pyridine rings is 1. The molecule has 1 amide bonds. The predicted octanol–water partition coefficient (Wildman–Crippen LogP) is 2.76. The Bertz CT molecular complexity index is 1010. The first-order chi connectivity index (χ1) is 13.0. The van der Waals surface area contributed by atoms with E-state index in [0.29, 0.717) is 12.5 Å². The maximum atomic E-state index is 12.7. The molecule has 1 aliphatic rings. The van der Waals surface area contributed by atoms with Gasteiger partial charge in [-0.3, -0.25) is 4.79 Å². The lowest BCUT2D eigenvalue weighted by Crippen LogP contribution is -2.30. The standard InChI is InChI=1S/C20H20N4O3/c1-12-4-7-18-14(8-12)16(10-27-18)22-19(25)15-5-6-17(20(23-15)26-3)24-9-13(2)21-11-24/h4-9,11,16H,10H2,1-3H3,(H,22,25)/t16-/m1/s1. The van der Waals surface area contributed by atoms with Crippen LogP contribution in [0.15, 0.2) is 42.9 Å². The Morgan fingerprint density at radius 3 is 2.89 bits per heavy atom. The quantitative estimate of drug-likeness (QED) is 0.770. The summed E-state index contributed by atoms with van der Waals surface area (Å²) in [5.74, 6) is 0.894. The Kier molecular flexibility index (Phi) is 4.27. The molecule has 0 spiro atoms. The first-order valence-corrected chi connectivity index (χ1v) is 8.65. The molecule has 1 atom stereocenters. The smallest absolute Gasteiger partial charge is 0.270 e. The van der Waals surface area contributed by atoms with Gasteiger partial charge in [0.15, 0.2) is 0 Å². The van der Waals surface area contributed by atoms with Gasteiger partial charge in [-0.05, 0) is 32.0 Å². The maximum Gasteiger partial charge on any atom is 0.270 e. The van der Waals surface area contributed by atoms with Gasteiger partial charge in [0.1, 0.15) is 23.7 Å². The van der Waals surface area contributed by atoms with Gasteiger partial charge in [-0.2, -0.15) is 0 Å². The van der Waals surface area contributed by atoms with Gasteiger partial charge in [0.2, 0.25) is 5.88 Å². The Morgan fingerprint density at radius 2 is 2.15 bits per heavy atom. The van der Waals surface area contributed by atoms with E-state index < -0.39 is 0 Å². The highest BCUT2D eigenvalue weighted by atomic mass is 16.5. The first-order valence-electron chi connectivity index (χ1n) is 8.65. The van der Waals surface area contributed by atoms with Crippen LogP contribution in [0.1, 0.15) is 33.4 Å². The normalized spacial score (nSPS) is 15.1. The molecule has 4 rings (SSSR count). The molecule has 1 aliphatic heterocycles. The van der Waals surface area contributed by atoms with Gasteiger partial charge < -0.3 is 19.4 Å². The number of carbonyl (C=O) groups excluding carboxylic acids is 1. The molecule has 3 aromatic rings. The van der Waals surface area contributed by atoms with Crippen LogP contribution in [0, 0.1) is 13.8 Å². The molecule has 1 aromatic carbocycles. The van der Waals surface area contributed by atoms with Gasteiger partial charge in [0.25, 0.3) is 5.91 Å². The number of amides is 1. The number of aromatic nitrogens is 3. The number of carbonyl (C=O) groups is 1. The van der Waals surface area contributed by atoms with Gasteiger partial charge in [0, 0.05) is 11.8 Å². The fourth-order valence-corrected chi connectivity index (χ4v) is 3.15. The van der Waals surface area contributed by atoms with Crippen LogP contribution in [-0.2, 0) is 0 Å². The second kappa shape index (κ2) is 6.75. The second-order valence-electron chi connectivity index (χ2n) is 6.53. The van der Waals surface area contributed by atoms with Gasteiger partial charge >= 0.3 is 0 Å². The van der Waals surface area contributed by atoms with Crippen molar-refractivity contribution in [3.63, 3.8) is 0 Å². The van der Waals surface area contributed by atoms with E-state index in [1.165, 1.54) is 7.11 Å². The largest absolute Gasteiger partial charge is 0.491 e. The van der Waals surface area contributed by atoms with Crippen molar-refractivity contribution in [3.8, 4) is 17.3 Å². The SMILES string of the molecule is COc1nc(C(=O)N[C@@H]2COc3ccc(C)cc32)ccc1-n1cnc(C)c1. The third-order valence-corrected chi connectivity index (χ3v) is 4.51. The summed E-state index contributed by atoms with van der Waals surface area (Å²) in [6.07, 6.45) is 3.55. The topological polar surface area (TPSA) is 78.3 Å². The van der Waals surface area contributed by atoms with Crippen molar-refractivity contribution < 1.29 is 14.3 Å². The van der Waals surface area contributed by atoms with Gasteiger partial charge in [0.05, 0.1) is 25.2 Å². The number of fused-ring (bicyclic) bond motifs is 1. The summed E-state index contributed by atoms with van der Waals surface area (Å²) in [4.78, 5) is 21.3. The maximum absolute atomic E-state index is 12.7. The van der Waals surface area contributed by atoms with Crippen molar-refractivity contribution in [2.45, 2.75) is 19.9 Å². The van der Waals surface area contributed by atoms with E-state index in [2.05, 4.69) is 15.3 Å². The molecular weight excluding hydrogens is 344 g/mol. The highest BCUT2D eigenvalue weighted by Crippen LogP contribution is 2.33. The Hall–Kier alpha value is -3.35. The minimum atomic E-state index is -0.274. The lowest BCUT2D eigenvalue weighted by atomic mass is 10.1. The van der Waals surface area contributed by atoms with Gasteiger partial charge in [-0.1, -0.05) is 17.7 Å². The van der Waals surface area contributed by atoms with Crippen molar-refractivity contribution in [1.29, 1.82) is 0 Å². The van der Waals surface area contributed by atoms with Crippen LogP contribution < -0.4 is 14.8 Å².